The van der Waals surface area contributed by atoms with Gasteiger partial charge in [-0.2, -0.15) is 0 Å². The standard InChI is InChI=1S/C16H25N3O2S/c1-12(2)19(4)16(21)11-18(3)10-15(20)17-13-8-6-7-9-14(13)22-5/h6-9,12H,10-11H2,1-5H3,(H,17,20)/p+1. The highest BCUT2D eigenvalue weighted by atomic mass is 32.2. The van der Waals surface area contributed by atoms with Gasteiger partial charge in [0.1, 0.15) is 0 Å². The van der Waals surface area contributed by atoms with Crippen LogP contribution in [0.3, 0.4) is 0 Å². The number of amides is 2. The summed E-state index contributed by atoms with van der Waals surface area (Å²) >= 11 is 1.59. The summed E-state index contributed by atoms with van der Waals surface area (Å²) in [5, 5.41) is 2.91. The average molecular weight is 324 g/mol. The zero-order valence-electron chi connectivity index (χ0n) is 14.0. The Hall–Kier alpha value is -1.53. The maximum absolute atomic E-state index is 12.1. The van der Waals surface area contributed by atoms with E-state index in [4.69, 9.17) is 0 Å². The van der Waals surface area contributed by atoms with Crippen LogP contribution in [0.1, 0.15) is 13.8 Å². The molecular formula is C16H26N3O2S+. The zero-order valence-corrected chi connectivity index (χ0v) is 14.8. The molecule has 1 aromatic rings. The maximum atomic E-state index is 12.1. The molecule has 5 nitrogen and oxygen atoms in total. The molecule has 6 heteroatoms. The second kappa shape index (κ2) is 8.80. The molecule has 0 aromatic heterocycles. The Bertz CT molecular complexity index is 520. The summed E-state index contributed by atoms with van der Waals surface area (Å²) in [6, 6.07) is 7.86. The molecule has 0 spiro atoms. The number of anilines is 1. The summed E-state index contributed by atoms with van der Waals surface area (Å²) < 4.78 is 0. The number of para-hydroxylation sites is 1. The number of nitrogens with one attached hydrogen (secondary N) is 2. The Morgan fingerprint density at radius 1 is 1.27 bits per heavy atom. The van der Waals surface area contributed by atoms with E-state index < -0.39 is 0 Å². The molecule has 2 N–H and O–H groups in total. The van der Waals surface area contributed by atoms with E-state index in [1.165, 1.54) is 0 Å². The number of hydrogen-bond donors (Lipinski definition) is 2. The average Bonchev–Trinajstić information content (AvgIpc) is 2.46. The minimum absolute atomic E-state index is 0.0461. The van der Waals surface area contributed by atoms with Crippen LogP contribution in [-0.4, -0.2) is 56.2 Å². The second-order valence-corrected chi connectivity index (χ2v) is 6.51. The molecule has 0 saturated carbocycles. The van der Waals surface area contributed by atoms with Crippen LogP contribution in [-0.2, 0) is 9.59 Å². The predicted molar refractivity (Wildman–Crippen MR) is 91.4 cm³/mol. The predicted octanol–water partition coefficient (Wildman–Crippen LogP) is 0.729. The smallest absolute Gasteiger partial charge is 0.279 e. The molecule has 0 fully saturated rings. The number of carbonyl (C=O) groups is 2. The number of quaternary nitrogens is 1. The van der Waals surface area contributed by atoms with Gasteiger partial charge in [0.05, 0.1) is 12.7 Å². The normalized spacial score (nSPS) is 12.1. The van der Waals surface area contributed by atoms with E-state index in [0.717, 1.165) is 15.5 Å². The van der Waals surface area contributed by atoms with Gasteiger partial charge in [-0.15, -0.1) is 11.8 Å². The lowest BCUT2D eigenvalue weighted by Crippen LogP contribution is -3.11. The first-order valence-corrected chi connectivity index (χ1v) is 8.57. The van der Waals surface area contributed by atoms with Gasteiger partial charge in [0.15, 0.2) is 13.1 Å². The fraction of sp³-hybridized carbons (Fsp3) is 0.500. The summed E-state index contributed by atoms with van der Waals surface area (Å²) in [7, 11) is 3.64. The molecule has 0 radical (unpaired) electrons. The first kappa shape index (κ1) is 18.5. The van der Waals surface area contributed by atoms with Gasteiger partial charge in [0.2, 0.25) is 0 Å². The molecule has 1 rings (SSSR count). The van der Waals surface area contributed by atoms with E-state index in [1.807, 2.05) is 51.4 Å². The van der Waals surface area contributed by atoms with E-state index in [1.54, 1.807) is 23.7 Å². The molecular weight excluding hydrogens is 298 g/mol. The molecule has 0 heterocycles. The topological polar surface area (TPSA) is 53.9 Å². The highest BCUT2D eigenvalue weighted by Gasteiger charge is 2.19. The number of likely N-dealkylation sites (N-methyl/N-ethyl adjacent to an activating group) is 2. The third-order valence-corrected chi connectivity index (χ3v) is 4.26. The highest BCUT2D eigenvalue weighted by Crippen LogP contribution is 2.24. The third-order valence-electron chi connectivity index (χ3n) is 3.46. The zero-order chi connectivity index (χ0) is 16.7. The highest BCUT2D eigenvalue weighted by molar-refractivity contribution is 7.98. The molecule has 2 amide bonds. The van der Waals surface area contributed by atoms with Crippen molar-refractivity contribution in [2.75, 3.05) is 38.8 Å². The minimum atomic E-state index is -0.0843. The Morgan fingerprint density at radius 2 is 1.91 bits per heavy atom. The fourth-order valence-corrected chi connectivity index (χ4v) is 2.50. The lowest BCUT2D eigenvalue weighted by atomic mass is 10.3. The van der Waals surface area contributed by atoms with Crippen molar-refractivity contribution in [3.05, 3.63) is 24.3 Å². The summed E-state index contributed by atoms with van der Waals surface area (Å²) in [5.74, 6) is -0.0381. The van der Waals surface area contributed by atoms with Crippen molar-refractivity contribution in [1.82, 2.24) is 4.90 Å². The van der Waals surface area contributed by atoms with E-state index in [2.05, 4.69) is 5.32 Å². The van der Waals surface area contributed by atoms with Crippen LogP contribution in [0.15, 0.2) is 29.2 Å². The van der Waals surface area contributed by atoms with Gasteiger partial charge in [0, 0.05) is 18.0 Å². The summed E-state index contributed by atoms with van der Waals surface area (Å²) in [6.45, 7) is 4.52. The second-order valence-electron chi connectivity index (χ2n) is 5.66. The SMILES string of the molecule is CSc1ccccc1NC(=O)C[NH+](C)CC(=O)N(C)C(C)C. The number of thioether (sulfide) groups is 1. The lowest BCUT2D eigenvalue weighted by Gasteiger charge is -2.23. The Kier molecular flexibility index (Phi) is 7.41. The molecule has 0 bridgehead atoms. The Morgan fingerprint density at radius 3 is 2.50 bits per heavy atom. The summed E-state index contributed by atoms with van der Waals surface area (Å²) in [5.41, 5.74) is 0.818. The van der Waals surface area contributed by atoms with E-state index in [9.17, 15) is 9.59 Å². The summed E-state index contributed by atoms with van der Waals surface area (Å²) in [4.78, 5) is 27.7. The number of nitrogens with zero attached hydrogens (tertiary/aromatic N) is 1. The van der Waals surface area contributed by atoms with Crippen LogP contribution in [0.5, 0.6) is 0 Å². The first-order valence-electron chi connectivity index (χ1n) is 7.35. The van der Waals surface area contributed by atoms with E-state index >= 15 is 0 Å². The first-order chi connectivity index (χ1) is 10.3. The van der Waals surface area contributed by atoms with Crippen molar-refractivity contribution in [1.29, 1.82) is 0 Å². The molecule has 0 aliphatic carbocycles. The van der Waals surface area contributed by atoms with Gasteiger partial charge >= 0.3 is 0 Å². The number of rotatable bonds is 7. The van der Waals surface area contributed by atoms with Crippen molar-refractivity contribution in [2.24, 2.45) is 0 Å². The van der Waals surface area contributed by atoms with Crippen LogP contribution in [0.25, 0.3) is 0 Å². The van der Waals surface area contributed by atoms with Crippen LogP contribution in [0.4, 0.5) is 5.69 Å². The van der Waals surface area contributed by atoms with Gasteiger partial charge in [-0.1, -0.05) is 12.1 Å². The monoisotopic (exact) mass is 324 g/mol. The number of carbonyl (C=O) groups excluding carboxylic acids is 2. The molecule has 0 aliphatic rings. The van der Waals surface area contributed by atoms with Crippen molar-refractivity contribution in [3.63, 3.8) is 0 Å². The molecule has 122 valence electrons. The summed E-state index contributed by atoms with van der Waals surface area (Å²) in [6.07, 6.45) is 1.97. The molecule has 22 heavy (non-hydrogen) atoms. The lowest BCUT2D eigenvalue weighted by molar-refractivity contribution is -0.862. The fourth-order valence-electron chi connectivity index (χ4n) is 1.95. The van der Waals surface area contributed by atoms with Gasteiger partial charge in [-0.3, -0.25) is 9.59 Å². The molecule has 1 unspecified atom stereocenters. The largest absolute Gasteiger partial charge is 0.338 e. The Balaban J connectivity index is 2.52. The molecule has 0 saturated heterocycles. The van der Waals surface area contributed by atoms with Gasteiger partial charge in [0.25, 0.3) is 11.8 Å². The molecule has 0 aliphatic heterocycles. The number of benzene rings is 1. The van der Waals surface area contributed by atoms with Crippen molar-refractivity contribution < 1.29 is 14.5 Å². The number of hydrogen-bond acceptors (Lipinski definition) is 3. The van der Waals surface area contributed by atoms with Crippen LogP contribution < -0.4 is 10.2 Å². The van der Waals surface area contributed by atoms with E-state index in [0.29, 0.717) is 6.54 Å². The maximum Gasteiger partial charge on any atom is 0.279 e. The van der Waals surface area contributed by atoms with Crippen LogP contribution >= 0.6 is 11.8 Å². The van der Waals surface area contributed by atoms with Crippen molar-refractivity contribution in [3.8, 4) is 0 Å². The van der Waals surface area contributed by atoms with Crippen molar-refractivity contribution >= 4 is 29.3 Å². The molecule has 1 atom stereocenters. The quantitative estimate of drug-likeness (QED) is 0.727. The van der Waals surface area contributed by atoms with Crippen molar-refractivity contribution in [2.45, 2.75) is 24.8 Å². The van der Waals surface area contributed by atoms with Crippen LogP contribution in [0, 0.1) is 0 Å². The minimum Gasteiger partial charge on any atom is -0.338 e. The Labute approximate surface area is 137 Å². The molecule has 1 aromatic carbocycles. The van der Waals surface area contributed by atoms with Gasteiger partial charge in [-0.05, 0) is 32.2 Å². The van der Waals surface area contributed by atoms with Gasteiger partial charge in [-0.25, -0.2) is 0 Å². The van der Waals surface area contributed by atoms with E-state index in [-0.39, 0.29) is 24.4 Å². The van der Waals surface area contributed by atoms with Crippen LogP contribution in [0.2, 0.25) is 0 Å². The third kappa shape index (κ3) is 5.69. The van der Waals surface area contributed by atoms with Gasteiger partial charge < -0.3 is 15.1 Å².